The largest absolute Gasteiger partial charge is 0.441 e. The van der Waals surface area contributed by atoms with Gasteiger partial charge in [-0.3, -0.25) is 0 Å². The van der Waals surface area contributed by atoms with Crippen LogP contribution in [0.3, 0.4) is 0 Å². The Kier molecular flexibility index (Phi) is 4.93. The van der Waals surface area contributed by atoms with Gasteiger partial charge < -0.3 is 10.2 Å². The fourth-order valence-corrected chi connectivity index (χ4v) is 3.89. The van der Waals surface area contributed by atoms with Gasteiger partial charge in [-0.05, 0) is 36.1 Å². The highest BCUT2D eigenvalue weighted by molar-refractivity contribution is 7.80. The van der Waals surface area contributed by atoms with Crippen molar-refractivity contribution in [2.45, 2.75) is 37.0 Å². The lowest BCUT2D eigenvalue weighted by Gasteiger charge is -2.27. The number of hydrogen-bond donors (Lipinski definition) is 1. The summed E-state index contributed by atoms with van der Waals surface area (Å²) >= 11 is 8.92. The highest BCUT2D eigenvalue weighted by atomic mass is 32.1. The first-order chi connectivity index (χ1) is 12.0. The Labute approximate surface area is 156 Å². The standard InChI is InChI=1S/C16H14F6N2S2/c17-15(18,19)13(25)23-10-3-4-11-8-1-2-9(12(11)5-10)7-24(6-8)14(26)16(20,21)22/h3-5,8-9H,1-2,6-7H2,(H,23,25). The Bertz CT molecular complexity index is 743. The van der Waals surface area contributed by atoms with Crippen LogP contribution in [0.1, 0.15) is 35.8 Å². The van der Waals surface area contributed by atoms with Crippen LogP contribution in [0.15, 0.2) is 18.2 Å². The third-order valence-corrected chi connectivity index (χ3v) is 5.58. The second-order valence-electron chi connectivity index (χ2n) is 6.47. The molecular weight excluding hydrogens is 398 g/mol. The predicted molar refractivity (Wildman–Crippen MR) is 93.7 cm³/mol. The quantitative estimate of drug-likeness (QED) is 0.506. The number of halogens is 6. The van der Waals surface area contributed by atoms with E-state index in [1.54, 1.807) is 12.1 Å². The molecule has 4 rings (SSSR count). The fourth-order valence-electron chi connectivity index (χ4n) is 3.62. The average molecular weight is 412 g/mol. The van der Waals surface area contributed by atoms with Gasteiger partial charge in [0.05, 0.1) is 0 Å². The van der Waals surface area contributed by atoms with Gasteiger partial charge in [0.25, 0.3) is 0 Å². The Morgan fingerprint density at radius 2 is 1.50 bits per heavy atom. The highest BCUT2D eigenvalue weighted by Gasteiger charge is 2.43. The number of rotatable bonds is 1. The molecule has 0 amide bonds. The van der Waals surface area contributed by atoms with Crippen LogP contribution in [-0.4, -0.2) is 40.3 Å². The van der Waals surface area contributed by atoms with Gasteiger partial charge in [-0.25, -0.2) is 0 Å². The van der Waals surface area contributed by atoms with Gasteiger partial charge in [-0.2, -0.15) is 26.3 Å². The van der Waals surface area contributed by atoms with E-state index in [-0.39, 0.29) is 30.6 Å². The SMILES string of the molecule is FC(F)(F)C(=S)Nc1ccc2c(c1)C1CCC2CN(C(=S)C(F)(F)F)C1. The average Bonchev–Trinajstić information content (AvgIpc) is 2.83. The lowest BCUT2D eigenvalue weighted by molar-refractivity contribution is -0.0659. The molecule has 2 aliphatic heterocycles. The summed E-state index contributed by atoms with van der Waals surface area (Å²) in [6.07, 6.45) is -7.82. The number of fused-ring (bicyclic) bond motifs is 3. The van der Waals surface area contributed by atoms with Crippen molar-refractivity contribution in [3.05, 3.63) is 29.3 Å². The van der Waals surface area contributed by atoms with E-state index < -0.39 is 22.3 Å². The summed E-state index contributed by atoms with van der Waals surface area (Å²) < 4.78 is 76.8. The van der Waals surface area contributed by atoms with E-state index in [1.165, 1.54) is 11.0 Å². The summed E-state index contributed by atoms with van der Waals surface area (Å²) in [7, 11) is 0. The molecule has 1 aromatic carbocycles. The van der Waals surface area contributed by atoms with Crippen molar-refractivity contribution in [3.63, 3.8) is 0 Å². The summed E-state index contributed by atoms with van der Waals surface area (Å²) in [4.78, 5) is -1.12. The summed E-state index contributed by atoms with van der Waals surface area (Å²) in [5.74, 6) is -0.349. The smallest absolute Gasteiger partial charge is 0.357 e. The molecule has 3 aliphatic rings. The van der Waals surface area contributed by atoms with E-state index in [9.17, 15) is 26.3 Å². The van der Waals surface area contributed by atoms with Gasteiger partial charge >= 0.3 is 12.4 Å². The van der Waals surface area contributed by atoms with E-state index in [1.807, 2.05) is 0 Å². The second-order valence-corrected chi connectivity index (χ2v) is 7.27. The molecular formula is C16H14F6N2S2. The van der Waals surface area contributed by atoms with Gasteiger partial charge in [0.2, 0.25) is 0 Å². The van der Waals surface area contributed by atoms with Crippen molar-refractivity contribution in [2.24, 2.45) is 0 Å². The number of alkyl halides is 6. The van der Waals surface area contributed by atoms with E-state index in [0.717, 1.165) is 17.5 Å². The maximum absolute atomic E-state index is 13.0. The van der Waals surface area contributed by atoms with Crippen LogP contribution in [0.5, 0.6) is 0 Å². The zero-order chi connectivity index (χ0) is 19.3. The third-order valence-electron chi connectivity index (χ3n) is 4.76. The van der Waals surface area contributed by atoms with Crippen molar-refractivity contribution in [3.8, 4) is 0 Å². The van der Waals surface area contributed by atoms with E-state index in [0.29, 0.717) is 6.42 Å². The molecule has 1 aromatic rings. The zero-order valence-electron chi connectivity index (χ0n) is 13.2. The van der Waals surface area contributed by atoms with Crippen LogP contribution in [-0.2, 0) is 0 Å². The number of hydrogen-bond acceptors (Lipinski definition) is 2. The lowest BCUT2D eigenvalue weighted by atomic mass is 9.78. The molecule has 142 valence electrons. The molecule has 2 atom stereocenters. The van der Waals surface area contributed by atoms with Crippen molar-refractivity contribution >= 4 is 40.1 Å². The van der Waals surface area contributed by atoms with Crippen LogP contribution >= 0.6 is 24.4 Å². The maximum atomic E-state index is 13.0. The number of nitrogens with one attached hydrogen (secondary N) is 1. The first kappa shape index (κ1) is 19.3. The monoisotopic (exact) mass is 412 g/mol. The fraction of sp³-hybridized carbons (Fsp3) is 0.500. The molecule has 1 fully saturated rings. The summed E-state index contributed by atoms with van der Waals surface area (Å²) in [5.41, 5.74) is 1.82. The molecule has 0 aromatic heterocycles. The number of nitrogens with zero attached hydrogens (tertiary/aromatic N) is 1. The normalized spacial score (nSPS) is 22.6. The minimum Gasteiger partial charge on any atom is -0.357 e. The van der Waals surface area contributed by atoms with Gasteiger partial charge in [0.15, 0.2) is 9.98 Å². The molecule has 2 unspecified atom stereocenters. The summed E-state index contributed by atoms with van der Waals surface area (Å²) in [6.45, 7) is 0.268. The van der Waals surface area contributed by atoms with Gasteiger partial charge in [-0.15, -0.1) is 0 Å². The van der Waals surface area contributed by atoms with Crippen LogP contribution in [0.2, 0.25) is 0 Å². The first-order valence-electron chi connectivity index (χ1n) is 7.85. The van der Waals surface area contributed by atoms with Gasteiger partial charge in [0, 0.05) is 30.6 Å². The van der Waals surface area contributed by atoms with Crippen molar-refractivity contribution < 1.29 is 26.3 Å². The third kappa shape index (κ3) is 3.80. The highest BCUT2D eigenvalue weighted by Crippen LogP contribution is 2.44. The molecule has 1 N–H and O–H groups in total. The molecule has 2 bridgehead atoms. The minimum absolute atomic E-state index is 0.106. The number of thiocarbonyl (C=S) groups is 2. The van der Waals surface area contributed by atoms with Crippen LogP contribution in [0.4, 0.5) is 32.0 Å². The molecule has 10 heteroatoms. The molecule has 26 heavy (non-hydrogen) atoms. The van der Waals surface area contributed by atoms with E-state index >= 15 is 0 Å². The van der Waals surface area contributed by atoms with Gasteiger partial charge in [-0.1, -0.05) is 30.5 Å². The number of anilines is 1. The lowest BCUT2D eigenvalue weighted by Crippen LogP contribution is -2.41. The van der Waals surface area contributed by atoms with Crippen molar-refractivity contribution in [1.82, 2.24) is 4.90 Å². The van der Waals surface area contributed by atoms with E-state index in [2.05, 4.69) is 29.8 Å². The molecule has 0 saturated carbocycles. The Balaban J connectivity index is 1.87. The van der Waals surface area contributed by atoms with Gasteiger partial charge in [0.1, 0.15) is 0 Å². The molecule has 2 heterocycles. The molecule has 0 spiro atoms. The van der Waals surface area contributed by atoms with E-state index in [4.69, 9.17) is 0 Å². The molecule has 2 nitrogen and oxygen atoms in total. The van der Waals surface area contributed by atoms with Crippen molar-refractivity contribution in [1.29, 1.82) is 0 Å². The Morgan fingerprint density at radius 1 is 0.923 bits per heavy atom. The van der Waals surface area contributed by atoms with Crippen LogP contribution < -0.4 is 5.32 Å². The molecule has 1 aliphatic carbocycles. The minimum atomic E-state index is -4.64. The maximum Gasteiger partial charge on any atom is 0.441 e. The topological polar surface area (TPSA) is 15.3 Å². The van der Waals surface area contributed by atoms with Crippen molar-refractivity contribution in [2.75, 3.05) is 18.4 Å². The first-order valence-corrected chi connectivity index (χ1v) is 8.66. The number of benzene rings is 1. The molecule has 0 radical (unpaired) electrons. The van der Waals surface area contributed by atoms with Crippen LogP contribution in [0.25, 0.3) is 0 Å². The Hall–Kier alpha value is -1.42. The molecule has 1 saturated heterocycles. The summed E-state index contributed by atoms with van der Waals surface area (Å²) in [6, 6.07) is 4.71. The summed E-state index contributed by atoms with van der Waals surface area (Å²) in [5, 5.41) is 2.16. The second kappa shape index (κ2) is 6.63. The zero-order valence-corrected chi connectivity index (χ0v) is 14.9. The predicted octanol–water partition coefficient (Wildman–Crippen LogP) is 5.15. The Morgan fingerprint density at radius 3 is 2.04 bits per heavy atom. The van der Waals surface area contributed by atoms with Crippen LogP contribution in [0, 0.1) is 0 Å².